The Balaban J connectivity index is 2.05. The molecule has 0 N–H and O–H groups in total. The van der Waals surface area contributed by atoms with Crippen molar-refractivity contribution in [3.05, 3.63) is 21.3 Å². The second kappa shape index (κ2) is 4.73. The summed E-state index contributed by atoms with van der Waals surface area (Å²) < 4.78 is 5.56. The van der Waals surface area contributed by atoms with Crippen LogP contribution in [0.2, 0.25) is 4.34 Å². The van der Waals surface area contributed by atoms with Crippen LogP contribution in [0.1, 0.15) is 24.3 Å². The number of hydrogen-bond acceptors (Lipinski definition) is 4. The van der Waals surface area contributed by atoms with Crippen LogP contribution in [0.4, 0.5) is 0 Å². The lowest BCUT2D eigenvalue weighted by Crippen LogP contribution is -2.53. The molecule has 1 aromatic heterocycles. The van der Waals surface area contributed by atoms with Crippen LogP contribution in [0.3, 0.4) is 0 Å². The molecule has 2 unspecified atom stereocenters. The van der Waals surface area contributed by atoms with E-state index in [1.807, 2.05) is 12.1 Å². The van der Waals surface area contributed by atoms with Gasteiger partial charge >= 0.3 is 5.97 Å². The Bertz CT molecular complexity index is 393. The summed E-state index contributed by atoms with van der Waals surface area (Å²) in [7, 11) is 1.44. The number of esters is 1. The van der Waals surface area contributed by atoms with Crippen molar-refractivity contribution in [2.24, 2.45) is 0 Å². The smallest absolute Gasteiger partial charge is 0.323 e. The summed E-state index contributed by atoms with van der Waals surface area (Å²) in [5.74, 6) is -0.138. The first-order valence-electron chi connectivity index (χ1n) is 5.22. The molecule has 0 bridgehead atoms. The average Bonchev–Trinajstić information content (AvgIpc) is 2.63. The number of methoxy groups -OCH3 is 1. The van der Waals surface area contributed by atoms with Crippen LogP contribution in [0, 0.1) is 0 Å². The van der Waals surface area contributed by atoms with Gasteiger partial charge in [0, 0.05) is 17.5 Å². The fourth-order valence-electron chi connectivity index (χ4n) is 1.98. The van der Waals surface area contributed by atoms with Gasteiger partial charge in [-0.3, -0.25) is 9.69 Å². The molecular formula is C11H14ClNO2S. The normalized spacial score (nSPS) is 22.6. The van der Waals surface area contributed by atoms with Crippen molar-refractivity contribution in [1.29, 1.82) is 0 Å². The van der Waals surface area contributed by atoms with Gasteiger partial charge in [-0.2, -0.15) is 0 Å². The minimum absolute atomic E-state index is 0.0825. The van der Waals surface area contributed by atoms with Crippen LogP contribution in [0.5, 0.6) is 0 Å². The standard InChI is InChI=1S/C11H14ClNO2S/c1-7(9-3-4-10(12)16-9)13-6-5-8(13)11(14)15-2/h3-4,7-8H,5-6H2,1-2H3. The van der Waals surface area contributed by atoms with Crippen LogP contribution in [-0.2, 0) is 9.53 Å². The Morgan fingerprint density at radius 3 is 2.88 bits per heavy atom. The average molecular weight is 260 g/mol. The molecule has 2 heterocycles. The number of halogens is 1. The van der Waals surface area contributed by atoms with Crippen molar-refractivity contribution >= 4 is 28.9 Å². The SMILES string of the molecule is COC(=O)C1CCN1C(C)c1ccc(Cl)s1. The van der Waals surface area contributed by atoms with Crippen molar-refractivity contribution in [3.63, 3.8) is 0 Å². The van der Waals surface area contributed by atoms with Crippen molar-refractivity contribution < 1.29 is 9.53 Å². The molecule has 0 saturated carbocycles. The first kappa shape index (κ1) is 11.9. The van der Waals surface area contributed by atoms with E-state index < -0.39 is 0 Å². The van der Waals surface area contributed by atoms with Gasteiger partial charge in [0.1, 0.15) is 6.04 Å². The monoisotopic (exact) mass is 259 g/mol. The summed E-state index contributed by atoms with van der Waals surface area (Å²) >= 11 is 7.47. The van der Waals surface area contributed by atoms with Gasteiger partial charge in [0.25, 0.3) is 0 Å². The van der Waals surface area contributed by atoms with Crippen molar-refractivity contribution in [3.8, 4) is 0 Å². The quantitative estimate of drug-likeness (QED) is 0.782. The number of carbonyl (C=O) groups is 1. The summed E-state index contributed by atoms with van der Waals surface area (Å²) in [6.07, 6.45) is 0.885. The topological polar surface area (TPSA) is 29.5 Å². The molecule has 5 heteroatoms. The van der Waals surface area contributed by atoms with Crippen molar-refractivity contribution in [2.45, 2.75) is 25.4 Å². The zero-order valence-electron chi connectivity index (χ0n) is 9.27. The van der Waals surface area contributed by atoms with Crippen molar-refractivity contribution in [1.82, 2.24) is 4.90 Å². The van der Waals surface area contributed by atoms with Crippen LogP contribution in [0.15, 0.2) is 12.1 Å². The molecule has 16 heavy (non-hydrogen) atoms. The van der Waals surface area contributed by atoms with E-state index in [1.165, 1.54) is 12.0 Å². The molecule has 1 aliphatic heterocycles. The second-order valence-electron chi connectivity index (χ2n) is 3.88. The van der Waals surface area contributed by atoms with Gasteiger partial charge in [-0.25, -0.2) is 0 Å². The van der Waals surface area contributed by atoms with Crippen LogP contribution in [0.25, 0.3) is 0 Å². The fraction of sp³-hybridized carbons (Fsp3) is 0.545. The number of nitrogens with zero attached hydrogens (tertiary/aromatic N) is 1. The third-order valence-corrected chi connectivity index (χ3v) is 4.44. The molecule has 88 valence electrons. The minimum Gasteiger partial charge on any atom is -0.468 e. The Morgan fingerprint density at radius 1 is 1.69 bits per heavy atom. The van der Waals surface area contributed by atoms with Gasteiger partial charge in [0.2, 0.25) is 0 Å². The van der Waals surface area contributed by atoms with Gasteiger partial charge in [-0.15, -0.1) is 11.3 Å². The minimum atomic E-state index is -0.138. The summed E-state index contributed by atoms with van der Waals surface area (Å²) in [6.45, 7) is 3.04. The van der Waals surface area contributed by atoms with Gasteiger partial charge in [-0.1, -0.05) is 11.6 Å². The lowest BCUT2D eigenvalue weighted by molar-refractivity contribution is -0.153. The highest BCUT2D eigenvalue weighted by molar-refractivity contribution is 7.16. The molecule has 0 radical (unpaired) electrons. The largest absolute Gasteiger partial charge is 0.468 e. The molecule has 1 fully saturated rings. The van der Waals surface area contributed by atoms with Gasteiger partial charge in [0.15, 0.2) is 0 Å². The zero-order chi connectivity index (χ0) is 11.7. The van der Waals surface area contributed by atoms with Gasteiger partial charge in [-0.05, 0) is 25.5 Å². The third kappa shape index (κ3) is 2.10. The number of carbonyl (C=O) groups excluding carboxylic acids is 1. The number of thiophene rings is 1. The maximum Gasteiger partial charge on any atom is 0.323 e. The van der Waals surface area contributed by atoms with E-state index in [0.29, 0.717) is 0 Å². The highest BCUT2D eigenvalue weighted by Gasteiger charge is 2.38. The van der Waals surface area contributed by atoms with Crippen molar-refractivity contribution in [2.75, 3.05) is 13.7 Å². The molecule has 1 saturated heterocycles. The Hall–Kier alpha value is -0.580. The van der Waals surface area contributed by atoms with E-state index in [-0.39, 0.29) is 18.1 Å². The maximum atomic E-state index is 11.5. The summed E-state index contributed by atoms with van der Waals surface area (Å²) in [6, 6.07) is 4.06. The highest BCUT2D eigenvalue weighted by Crippen LogP contribution is 2.35. The van der Waals surface area contributed by atoms with E-state index in [1.54, 1.807) is 11.3 Å². The fourth-order valence-corrected chi connectivity index (χ4v) is 3.11. The predicted octanol–water partition coefficient (Wildman–Crippen LogP) is 2.71. The summed E-state index contributed by atoms with van der Waals surface area (Å²) in [4.78, 5) is 14.8. The van der Waals surface area contributed by atoms with E-state index in [9.17, 15) is 4.79 Å². The number of likely N-dealkylation sites (tertiary alicyclic amines) is 1. The summed E-state index contributed by atoms with van der Waals surface area (Å²) in [5, 5.41) is 0. The molecule has 0 aromatic carbocycles. The van der Waals surface area contributed by atoms with E-state index in [4.69, 9.17) is 16.3 Å². The van der Waals surface area contributed by atoms with Crippen LogP contribution >= 0.6 is 22.9 Å². The molecule has 0 amide bonds. The Kier molecular flexibility index (Phi) is 3.52. The molecule has 1 aliphatic rings. The first-order valence-corrected chi connectivity index (χ1v) is 6.41. The summed E-state index contributed by atoms with van der Waals surface area (Å²) in [5.41, 5.74) is 0. The predicted molar refractivity (Wildman–Crippen MR) is 64.9 cm³/mol. The third-order valence-electron chi connectivity index (χ3n) is 3.04. The molecule has 1 aromatic rings. The van der Waals surface area contributed by atoms with Crippen LogP contribution < -0.4 is 0 Å². The number of hydrogen-bond donors (Lipinski definition) is 0. The van der Waals surface area contributed by atoms with E-state index in [2.05, 4.69) is 11.8 Å². The highest BCUT2D eigenvalue weighted by atomic mass is 35.5. The van der Waals surface area contributed by atoms with E-state index in [0.717, 1.165) is 17.3 Å². The molecule has 2 atom stereocenters. The lowest BCUT2D eigenvalue weighted by atomic mass is 10.00. The van der Waals surface area contributed by atoms with Gasteiger partial charge < -0.3 is 4.74 Å². The zero-order valence-corrected chi connectivity index (χ0v) is 10.8. The Morgan fingerprint density at radius 2 is 2.44 bits per heavy atom. The molecule has 2 rings (SSSR count). The Labute approximate surface area is 104 Å². The van der Waals surface area contributed by atoms with Gasteiger partial charge in [0.05, 0.1) is 11.4 Å². The lowest BCUT2D eigenvalue weighted by Gasteiger charge is -2.42. The molecular weight excluding hydrogens is 246 g/mol. The molecule has 0 aliphatic carbocycles. The molecule has 3 nitrogen and oxygen atoms in total. The van der Waals surface area contributed by atoms with E-state index >= 15 is 0 Å². The first-order chi connectivity index (χ1) is 7.63. The maximum absolute atomic E-state index is 11.5. The van der Waals surface area contributed by atoms with Crippen LogP contribution in [-0.4, -0.2) is 30.6 Å². The molecule has 0 spiro atoms. The number of rotatable bonds is 3. The second-order valence-corrected chi connectivity index (χ2v) is 5.63. The number of ether oxygens (including phenoxy) is 1.